The van der Waals surface area contributed by atoms with Crippen molar-refractivity contribution in [2.24, 2.45) is 5.92 Å². The van der Waals surface area contributed by atoms with Gasteiger partial charge in [-0.3, -0.25) is 4.79 Å². The molecule has 0 aromatic rings. The Morgan fingerprint density at radius 1 is 1.41 bits per heavy atom. The van der Waals surface area contributed by atoms with E-state index in [9.17, 15) is 4.79 Å². The standard InChI is InChI=1S/C12H22N2O2.ClH/c1-9-8-14(5-4-13-9)12(15)11-3-6-16-10(2)7-11;/h9-11,13H,3-8H2,1-2H3;1H/t9-,10?,11?;/m1./s1. The Labute approximate surface area is 109 Å². The molecule has 2 aliphatic rings. The zero-order valence-corrected chi connectivity index (χ0v) is 11.5. The first-order valence-corrected chi connectivity index (χ1v) is 6.30. The van der Waals surface area contributed by atoms with Gasteiger partial charge in [0, 0.05) is 38.2 Å². The minimum atomic E-state index is 0. The highest BCUT2D eigenvalue weighted by Crippen LogP contribution is 2.22. The number of ether oxygens (including phenoxy) is 1. The van der Waals surface area contributed by atoms with Crippen LogP contribution in [0.3, 0.4) is 0 Å². The smallest absolute Gasteiger partial charge is 0.225 e. The van der Waals surface area contributed by atoms with Crippen molar-refractivity contribution in [2.75, 3.05) is 26.2 Å². The Morgan fingerprint density at radius 3 is 2.82 bits per heavy atom. The minimum absolute atomic E-state index is 0. The third kappa shape index (κ3) is 3.83. The molecule has 1 amide bonds. The Kier molecular flexibility index (Phi) is 5.70. The predicted octanol–water partition coefficient (Wildman–Crippen LogP) is 1.04. The number of carbonyl (C=O) groups is 1. The lowest BCUT2D eigenvalue weighted by atomic mass is 9.94. The largest absolute Gasteiger partial charge is 0.378 e. The van der Waals surface area contributed by atoms with Crippen LogP contribution in [0.1, 0.15) is 26.7 Å². The molecule has 100 valence electrons. The van der Waals surface area contributed by atoms with E-state index in [1.165, 1.54) is 0 Å². The maximum absolute atomic E-state index is 12.3. The number of piperazine rings is 1. The minimum Gasteiger partial charge on any atom is -0.378 e. The van der Waals surface area contributed by atoms with E-state index in [1.54, 1.807) is 0 Å². The van der Waals surface area contributed by atoms with Crippen molar-refractivity contribution in [1.82, 2.24) is 10.2 Å². The van der Waals surface area contributed by atoms with Crippen molar-refractivity contribution < 1.29 is 9.53 Å². The van der Waals surface area contributed by atoms with E-state index in [4.69, 9.17) is 4.74 Å². The molecule has 2 fully saturated rings. The first-order valence-electron chi connectivity index (χ1n) is 6.30. The van der Waals surface area contributed by atoms with Crippen molar-refractivity contribution in [2.45, 2.75) is 38.8 Å². The Balaban J connectivity index is 0.00000144. The van der Waals surface area contributed by atoms with Crippen LogP contribution in [-0.4, -0.2) is 49.2 Å². The molecular formula is C12H23ClN2O2. The highest BCUT2D eigenvalue weighted by Gasteiger charge is 2.30. The highest BCUT2D eigenvalue weighted by molar-refractivity contribution is 5.85. The molecular weight excluding hydrogens is 240 g/mol. The van der Waals surface area contributed by atoms with E-state index in [0.717, 1.165) is 39.1 Å². The second-order valence-corrected chi connectivity index (χ2v) is 5.04. The topological polar surface area (TPSA) is 41.6 Å². The summed E-state index contributed by atoms with van der Waals surface area (Å²) in [4.78, 5) is 14.3. The number of rotatable bonds is 1. The second kappa shape index (κ2) is 6.57. The van der Waals surface area contributed by atoms with Gasteiger partial charge in [-0.2, -0.15) is 0 Å². The molecule has 2 unspecified atom stereocenters. The average Bonchev–Trinajstić information content (AvgIpc) is 2.28. The van der Waals surface area contributed by atoms with Gasteiger partial charge >= 0.3 is 0 Å². The van der Waals surface area contributed by atoms with Gasteiger partial charge in [0.2, 0.25) is 5.91 Å². The predicted molar refractivity (Wildman–Crippen MR) is 69.4 cm³/mol. The number of amides is 1. The van der Waals surface area contributed by atoms with E-state index < -0.39 is 0 Å². The number of halogens is 1. The summed E-state index contributed by atoms with van der Waals surface area (Å²) in [6.07, 6.45) is 2.02. The van der Waals surface area contributed by atoms with E-state index >= 15 is 0 Å². The van der Waals surface area contributed by atoms with Gasteiger partial charge in [0.05, 0.1) is 6.10 Å². The first kappa shape index (κ1) is 14.7. The lowest BCUT2D eigenvalue weighted by Gasteiger charge is -2.36. The van der Waals surface area contributed by atoms with Crippen LogP contribution < -0.4 is 5.32 Å². The number of nitrogens with one attached hydrogen (secondary N) is 1. The van der Waals surface area contributed by atoms with Crippen LogP contribution >= 0.6 is 12.4 Å². The van der Waals surface area contributed by atoms with Crippen LogP contribution in [0.5, 0.6) is 0 Å². The van der Waals surface area contributed by atoms with Gasteiger partial charge in [-0.15, -0.1) is 12.4 Å². The molecule has 0 bridgehead atoms. The fourth-order valence-electron chi connectivity index (χ4n) is 2.61. The number of nitrogens with zero attached hydrogens (tertiary/aromatic N) is 1. The highest BCUT2D eigenvalue weighted by atomic mass is 35.5. The molecule has 2 aliphatic heterocycles. The molecule has 5 heteroatoms. The summed E-state index contributed by atoms with van der Waals surface area (Å²) in [7, 11) is 0. The molecule has 0 aromatic heterocycles. The van der Waals surface area contributed by atoms with E-state index in [0.29, 0.717) is 11.9 Å². The van der Waals surface area contributed by atoms with Crippen LogP contribution in [0.25, 0.3) is 0 Å². The van der Waals surface area contributed by atoms with E-state index in [2.05, 4.69) is 19.2 Å². The monoisotopic (exact) mass is 262 g/mol. The van der Waals surface area contributed by atoms with Crippen LogP contribution in [0.2, 0.25) is 0 Å². The number of carbonyl (C=O) groups excluding carboxylic acids is 1. The quantitative estimate of drug-likeness (QED) is 0.768. The van der Waals surface area contributed by atoms with Gasteiger partial charge < -0.3 is 15.0 Å². The van der Waals surface area contributed by atoms with E-state index in [-0.39, 0.29) is 24.4 Å². The molecule has 2 rings (SSSR count). The normalized spacial score (nSPS) is 34.0. The van der Waals surface area contributed by atoms with Crippen molar-refractivity contribution in [3.8, 4) is 0 Å². The summed E-state index contributed by atoms with van der Waals surface area (Å²) in [5.41, 5.74) is 0. The van der Waals surface area contributed by atoms with Gasteiger partial charge in [-0.1, -0.05) is 0 Å². The lowest BCUT2D eigenvalue weighted by molar-refractivity contribution is -0.141. The van der Waals surface area contributed by atoms with Crippen LogP contribution in [0.15, 0.2) is 0 Å². The summed E-state index contributed by atoms with van der Waals surface area (Å²) >= 11 is 0. The molecule has 0 spiro atoms. The summed E-state index contributed by atoms with van der Waals surface area (Å²) in [6, 6.07) is 0.426. The average molecular weight is 263 g/mol. The van der Waals surface area contributed by atoms with Gasteiger partial charge in [0.1, 0.15) is 0 Å². The van der Waals surface area contributed by atoms with Crippen molar-refractivity contribution in [3.63, 3.8) is 0 Å². The fourth-order valence-corrected chi connectivity index (χ4v) is 2.61. The summed E-state index contributed by atoms with van der Waals surface area (Å²) in [5, 5.41) is 3.36. The molecule has 17 heavy (non-hydrogen) atoms. The molecule has 0 saturated carbocycles. The number of hydrogen-bond donors (Lipinski definition) is 1. The SMILES string of the molecule is CC1CC(C(=O)N2CCN[C@H](C)C2)CCO1.Cl. The summed E-state index contributed by atoms with van der Waals surface area (Å²) in [6.45, 7) is 7.55. The maximum Gasteiger partial charge on any atom is 0.225 e. The van der Waals surface area contributed by atoms with Crippen molar-refractivity contribution >= 4 is 18.3 Å². The first-order chi connectivity index (χ1) is 7.66. The molecule has 4 nitrogen and oxygen atoms in total. The maximum atomic E-state index is 12.3. The second-order valence-electron chi connectivity index (χ2n) is 5.04. The fraction of sp³-hybridized carbons (Fsp3) is 0.917. The third-order valence-electron chi connectivity index (χ3n) is 3.51. The molecule has 2 heterocycles. The van der Waals surface area contributed by atoms with Crippen LogP contribution in [-0.2, 0) is 9.53 Å². The van der Waals surface area contributed by atoms with Crippen molar-refractivity contribution in [1.29, 1.82) is 0 Å². The van der Waals surface area contributed by atoms with Crippen molar-refractivity contribution in [3.05, 3.63) is 0 Å². The Morgan fingerprint density at radius 2 is 2.18 bits per heavy atom. The van der Waals surface area contributed by atoms with Gasteiger partial charge in [0.25, 0.3) is 0 Å². The van der Waals surface area contributed by atoms with Gasteiger partial charge in [-0.25, -0.2) is 0 Å². The Bertz CT molecular complexity index is 239. The van der Waals surface area contributed by atoms with Crippen LogP contribution in [0.4, 0.5) is 0 Å². The lowest BCUT2D eigenvalue weighted by Crippen LogP contribution is -2.53. The third-order valence-corrected chi connectivity index (χ3v) is 3.51. The number of hydrogen-bond acceptors (Lipinski definition) is 3. The summed E-state index contributed by atoms with van der Waals surface area (Å²) in [5.74, 6) is 0.526. The molecule has 3 atom stereocenters. The van der Waals surface area contributed by atoms with Gasteiger partial charge in [-0.05, 0) is 26.7 Å². The van der Waals surface area contributed by atoms with Gasteiger partial charge in [0.15, 0.2) is 0 Å². The molecule has 0 aliphatic carbocycles. The molecule has 1 N–H and O–H groups in total. The molecule has 0 radical (unpaired) electrons. The molecule has 0 aromatic carbocycles. The zero-order valence-electron chi connectivity index (χ0n) is 10.6. The Hall–Kier alpha value is -0.320. The molecule has 2 saturated heterocycles. The zero-order chi connectivity index (χ0) is 11.5. The van der Waals surface area contributed by atoms with Crippen LogP contribution in [0, 0.1) is 5.92 Å². The summed E-state index contributed by atoms with van der Waals surface area (Å²) < 4.78 is 5.48. The van der Waals surface area contributed by atoms with E-state index in [1.807, 2.05) is 4.90 Å².